The molecule has 0 saturated heterocycles. The number of benzene rings is 1. The number of hydrogen-bond acceptors (Lipinski definition) is 2. The summed E-state index contributed by atoms with van der Waals surface area (Å²) in [4.78, 5) is 0. The summed E-state index contributed by atoms with van der Waals surface area (Å²) in [6.45, 7) is 9.12. The van der Waals surface area contributed by atoms with Crippen LogP contribution in [0.1, 0.15) is 32.5 Å². The molecule has 1 aromatic carbocycles. The highest BCUT2D eigenvalue weighted by Crippen LogP contribution is 2.24. The van der Waals surface area contributed by atoms with Crippen LogP contribution in [0.2, 0.25) is 0 Å². The average Bonchev–Trinajstić information content (AvgIpc) is 2.34. The zero-order valence-corrected chi connectivity index (χ0v) is 11.8. The predicted octanol–water partition coefficient (Wildman–Crippen LogP) is 3.30. The molecule has 100 valence electrons. The van der Waals surface area contributed by atoms with E-state index in [1.54, 1.807) is 24.3 Å². The van der Waals surface area contributed by atoms with Gasteiger partial charge in [0.1, 0.15) is 17.0 Å². The maximum absolute atomic E-state index is 14.3. The first-order valence-corrected chi connectivity index (χ1v) is 7.01. The summed E-state index contributed by atoms with van der Waals surface area (Å²) in [5.74, 6) is 0. The van der Waals surface area contributed by atoms with Gasteiger partial charge in [0.2, 0.25) is 0 Å². The highest BCUT2D eigenvalue weighted by molar-refractivity contribution is 7.90. The van der Waals surface area contributed by atoms with E-state index >= 15 is 0 Å². The maximum atomic E-state index is 14.3. The van der Waals surface area contributed by atoms with Gasteiger partial charge in [-0.1, -0.05) is 36.4 Å². The first-order valence-electron chi connectivity index (χ1n) is 5.86. The van der Waals surface area contributed by atoms with Gasteiger partial charge in [0.05, 0.1) is 0 Å². The minimum atomic E-state index is -1.32. The smallest absolute Gasteiger partial charge is 0.148 e. The Labute approximate surface area is 112 Å². The van der Waals surface area contributed by atoms with Crippen molar-refractivity contribution in [3.8, 4) is 0 Å². The lowest BCUT2D eigenvalue weighted by molar-refractivity contribution is 0.303. The van der Waals surface area contributed by atoms with Crippen LogP contribution < -0.4 is 4.72 Å². The largest absolute Gasteiger partial charge is 0.598 e. The molecule has 1 aromatic rings. The second kappa shape index (κ2) is 6.36. The molecule has 3 atom stereocenters. The van der Waals surface area contributed by atoms with Crippen LogP contribution in [0.15, 0.2) is 43.0 Å². The third-order valence-electron chi connectivity index (χ3n) is 2.49. The molecule has 0 aromatic heterocycles. The Morgan fingerprint density at radius 2 is 1.89 bits per heavy atom. The highest BCUT2D eigenvalue weighted by Gasteiger charge is 2.31. The van der Waals surface area contributed by atoms with Gasteiger partial charge in [-0.25, -0.2) is 4.39 Å². The van der Waals surface area contributed by atoms with E-state index in [9.17, 15) is 8.94 Å². The van der Waals surface area contributed by atoms with Crippen LogP contribution in [0, 0.1) is 0 Å². The van der Waals surface area contributed by atoms with Crippen LogP contribution in [-0.2, 0) is 11.4 Å². The second-order valence-corrected chi connectivity index (χ2v) is 7.07. The first kappa shape index (κ1) is 15.2. The molecule has 1 N–H and O–H groups in total. The minimum Gasteiger partial charge on any atom is -0.598 e. The molecular weight excluding hydrogens is 249 g/mol. The Hall–Kier alpha value is -0.840. The van der Waals surface area contributed by atoms with Crippen molar-refractivity contribution >= 4 is 11.4 Å². The molecule has 0 spiro atoms. The number of halogens is 1. The molecule has 0 bridgehead atoms. The summed E-state index contributed by atoms with van der Waals surface area (Å²) < 4.78 is 28.6. The molecule has 0 aliphatic heterocycles. The average molecular weight is 269 g/mol. The third kappa shape index (κ3) is 4.12. The normalized spacial score (nSPS) is 16.9. The van der Waals surface area contributed by atoms with Crippen molar-refractivity contribution in [2.24, 2.45) is 0 Å². The first-order chi connectivity index (χ1) is 8.36. The Morgan fingerprint density at radius 3 is 2.33 bits per heavy atom. The van der Waals surface area contributed by atoms with E-state index in [0.29, 0.717) is 5.56 Å². The summed E-state index contributed by atoms with van der Waals surface area (Å²) in [5, 5.41) is 0. The SMILES string of the molecule is C=CC(N[S@+]([O-])C(C)(C)C)[C@H](F)c1ccccc1. The lowest BCUT2D eigenvalue weighted by Crippen LogP contribution is -2.45. The van der Waals surface area contributed by atoms with Crippen LogP contribution in [0.5, 0.6) is 0 Å². The summed E-state index contributed by atoms with van der Waals surface area (Å²) in [6.07, 6.45) is 0.205. The summed E-state index contributed by atoms with van der Waals surface area (Å²) in [5.41, 5.74) is 0.556. The fourth-order valence-electron chi connectivity index (χ4n) is 1.37. The Bertz CT molecular complexity index is 377. The van der Waals surface area contributed by atoms with Crippen molar-refractivity contribution in [1.29, 1.82) is 0 Å². The predicted molar refractivity (Wildman–Crippen MR) is 75.3 cm³/mol. The van der Waals surface area contributed by atoms with E-state index in [2.05, 4.69) is 11.3 Å². The molecule has 0 amide bonds. The third-order valence-corrected chi connectivity index (χ3v) is 4.09. The molecule has 18 heavy (non-hydrogen) atoms. The molecular formula is C14H20FNOS. The number of rotatable bonds is 5. The van der Waals surface area contributed by atoms with Gasteiger partial charge in [0.15, 0.2) is 0 Å². The number of hydrogen-bond donors (Lipinski definition) is 1. The molecule has 0 heterocycles. The lowest BCUT2D eigenvalue weighted by atomic mass is 10.0. The van der Waals surface area contributed by atoms with Crippen molar-refractivity contribution in [3.63, 3.8) is 0 Å². The number of alkyl halides is 1. The zero-order valence-electron chi connectivity index (χ0n) is 11.0. The van der Waals surface area contributed by atoms with Crippen LogP contribution in [0.4, 0.5) is 4.39 Å². The van der Waals surface area contributed by atoms with E-state index in [1.807, 2.05) is 26.8 Å². The lowest BCUT2D eigenvalue weighted by Gasteiger charge is -2.28. The van der Waals surface area contributed by atoms with Gasteiger partial charge in [-0.15, -0.1) is 11.3 Å². The topological polar surface area (TPSA) is 35.1 Å². The van der Waals surface area contributed by atoms with Crippen LogP contribution >= 0.6 is 0 Å². The van der Waals surface area contributed by atoms with E-state index in [1.165, 1.54) is 6.08 Å². The minimum absolute atomic E-state index is 0.433. The van der Waals surface area contributed by atoms with Crippen molar-refractivity contribution in [2.45, 2.75) is 37.7 Å². The van der Waals surface area contributed by atoms with E-state index in [4.69, 9.17) is 0 Å². The van der Waals surface area contributed by atoms with Crippen molar-refractivity contribution in [1.82, 2.24) is 4.72 Å². The van der Waals surface area contributed by atoms with Gasteiger partial charge in [-0.05, 0) is 26.3 Å². The Morgan fingerprint density at radius 1 is 1.33 bits per heavy atom. The fourth-order valence-corrected chi connectivity index (χ4v) is 2.19. The number of nitrogens with one attached hydrogen (secondary N) is 1. The summed E-state index contributed by atoms with van der Waals surface area (Å²) in [6, 6.07) is 8.16. The van der Waals surface area contributed by atoms with Gasteiger partial charge in [-0.2, -0.15) is 0 Å². The van der Waals surface area contributed by atoms with E-state index in [0.717, 1.165) is 0 Å². The van der Waals surface area contributed by atoms with Gasteiger partial charge in [0.25, 0.3) is 0 Å². The Balaban J connectivity index is 2.76. The Kier molecular flexibility index (Phi) is 5.38. The van der Waals surface area contributed by atoms with Crippen LogP contribution in [0.25, 0.3) is 0 Å². The maximum Gasteiger partial charge on any atom is 0.148 e. The highest BCUT2D eigenvalue weighted by atomic mass is 32.2. The van der Waals surface area contributed by atoms with Gasteiger partial charge >= 0.3 is 0 Å². The van der Waals surface area contributed by atoms with Gasteiger partial charge in [0, 0.05) is 11.4 Å². The van der Waals surface area contributed by atoms with Crippen LogP contribution in [-0.4, -0.2) is 15.3 Å². The molecule has 1 unspecified atom stereocenters. The quantitative estimate of drug-likeness (QED) is 0.657. The molecule has 0 aliphatic carbocycles. The molecule has 0 fully saturated rings. The molecule has 1 rings (SSSR count). The fraction of sp³-hybridized carbons (Fsp3) is 0.429. The van der Waals surface area contributed by atoms with Crippen molar-refractivity contribution in [3.05, 3.63) is 48.6 Å². The van der Waals surface area contributed by atoms with Gasteiger partial charge < -0.3 is 4.55 Å². The van der Waals surface area contributed by atoms with Gasteiger partial charge in [-0.3, -0.25) is 0 Å². The molecule has 0 radical (unpaired) electrons. The molecule has 0 saturated carbocycles. The summed E-state index contributed by atoms with van der Waals surface area (Å²) >= 11 is -1.32. The van der Waals surface area contributed by atoms with Crippen molar-refractivity contribution in [2.75, 3.05) is 0 Å². The monoisotopic (exact) mass is 269 g/mol. The summed E-state index contributed by atoms with van der Waals surface area (Å²) in [7, 11) is 0. The van der Waals surface area contributed by atoms with Crippen LogP contribution in [0.3, 0.4) is 0 Å². The van der Waals surface area contributed by atoms with Crippen molar-refractivity contribution < 1.29 is 8.94 Å². The van der Waals surface area contributed by atoms with E-state index < -0.39 is 28.3 Å². The standard InChI is InChI=1S/C14H20FNOS/c1-5-12(16-18(17)14(2,3)4)13(15)11-9-7-6-8-10-11/h5-10,12-13,16H,1H2,2-4H3/t12?,13-,18-/m1/s1. The molecule has 0 aliphatic rings. The van der Waals surface area contributed by atoms with E-state index in [-0.39, 0.29) is 0 Å². The molecule has 4 heteroatoms. The zero-order chi connectivity index (χ0) is 13.8. The molecule has 2 nitrogen and oxygen atoms in total. The second-order valence-electron chi connectivity index (χ2n) is 5.07.